The van der Waals surface area contributed by atoms with Crippen molar-refractivity contribution in [1.82, 2.24) is 15.0 Å². The Kier molecular flexibility index (Phi) is 3.54. The van der Waals surface area contributed by atoms with Gasteiger partial charge in [0.2, 0.25) is 0 Å². The van der Waals surface area contributed by atoms with Crippen molar-refractivity contribution in [2.45, 2.75) is 12.2 Å². The first-order valence-electron chi connectivity index (χ1n) is 6.19. The van der Waals surface area contributed by atoms with Crippen LogP contribution in [-0.2, 0) is 9.47 Å². The minimum atomic E-state index is -0.810. The van der Waals surface area contributed by atoms with Crippen LogP contribution in [0.3, 0.4) is 0 Å². The van der Waals surface area contributed by atoms with Crippen molar-refractivity contribution in [2.24, 2.45) is 0 Å². The van der Waals surface area contributed by atoms with E-state index in [0.29, 0.717) is 25.5 Å². The normalized spacial score (nSPS) is 21.2. The van der Waals surface area contributed by atoms with Gasteiger partial charge in [0.25, 0.3) is 0 Å². The third-order valence-electron chi connectivity index (χ3n) is 3.07. The van der Waals surface area contributed by atoms with Crippen LogP contribution in [0.25, 0.3) is 5.69 Å². The summed E-state index contributed by atoms with van der Waals surface area (Å²) in [5.74, 6) is 0. The van der Waals surface area contributed by atoms with Gasteiger partial charge in [-0.15, -0.1) is 5.10 Å². The van der Waals surface area contributed by atoms with E-state index in [9.17, 15) is 5.11 Å². The van der Waals surface area contributed by atoms with Crippen molar-refractivity contribution in [1.29, 1.82) is 0 Å². The molecule has 0 saturated carbocycles. The minimum Gasteiger partial charge on any atom is -0.384 e. The summed E-state index contributed by atoms with van der Waals surface area (Å²) in [5, 5.41) is 18.3. The topological polar surface area (TPSA) is 69.4 Å². The van der Waals surface area contributed by atoms with E-state index in [0.717, 1.165) is 5.69 Å². The maximum absolute atomic E-state index is 10.4. The van der Waals surface area contributed by atoms with Crippen LogP contribution >= 0.6 is 0 Å². The molecule has 2 unspecified atom stereocenters. The second kappa shape index (κ2) is 5.48. The lowest BCUT2D eigenvalue weighted by Gasteiger charge is -2.27. The fourth-order valence-corrected chi connectivity index (χ4v) is 2.09. The molecule has 1 saturated heterocycles. The van der Waals surface area contributed by atoms with Gasteiger partial charge >= 0.3 is 0 Å². The molecule has 0 spiro atoms. The summed E-state index contributed by atoms with van der Waals surface area (Å²) in [5.41, 5.74) is 1.45. The third kappa shape index (κ3) is 2.51. The zero-order valence-corrected chi connectivity index (χ0v) is 10.3. The molecular formula is C13H15N3O3. The van der Waals surface area contributed by atoms with Crippen molar-refractivity contribution >= 4 is 0 Å². The highest BCUT2D eigenvalue weighted by Gasteiger charge is 2.28. The number of rotatable bonds is 3. The number of ether oxygens (including phenoxy) is 2. The fraction of sp³-hybridized carbons (Fsp3) is 0.385. The molecule has 6 heteroatoms. The Hall–Kier alpha value is -1.76. The van der Waals surface area contributed by atoms with E-state index in [-0.39, 0.29) is 6.10 Å². The molecule has 3 rings (SSSR count). The number of benzene rings is 1. The zero-order valence-electron chi connectivity index (χ0n) is 10.3. The lowest BCUT2D eigenvalue weighted by Crippen LogP contribution is -2.34. The molecule has 2 heterocycles. The molecule has 2 atom stereocenters. The van der Waals surface area contributed by atoms with Gasteiger partial charge in [-0.25, -0.2) is 4.68 Å². The summed E-state index contributed by atoms with van der Waals surface area (Å²) in [4.78, 5) is 0. The van der Waals surface area contributed by atoms with E-state index in [2.05, 4.69) is 10.3 Å². The van der Waals surface area contributed by atoms with E-state index in [1.165, 1.54) is 0 Å². The maximum Gasteiger partial charge on any atom is 0.126 e. The second-order valence-corrected chi connectivity index (χ2v) is 4.34. The predicted molar refractivity (Wildman–Crippen MR) is 66.9 cm³/mol. The Morgan fingerprint density at radius 3 is 2.84 bits per heavy atom. The van der Waals surface area contributed by atoms with Gasteiger partial charge in [0.05, 0.1) is 37.4 Å². The lowest BCUT2D eigenvalue weighted by molar-refractivity contribution is -0.134. The second-order valence-electron chi connectivity index (χ2n) is 4.34. The molecule has 19 heavy (non-hydrogen) atoms. The van der Waals surface area contributed by atoms with Crippen LogP contribution < -0.4 is 0 Å². The van der Waals surface area contributed by atoms with E-state index < -0.39 is 6.10 Å². The standard InChI is InChI=1S/C13H15N3O3/c17-13(12-9-18-6-7-19-12)11-8-14-15-16(11)10-4-2-1-3-5-10/h1-5,8,12-13,17H,6-7,9H2. The van der Waals surface area contributed by atoms with Crippen LogP contribution in [0.5, 0.6) is 0 Å². The Balaban J connectivity index is 1.87. The number of aromatic nitrogens is 3. The molecule has 1 aromatic heterocycles. The van der Waals surface area contributed by atoms with Crippen LogP contribution in [0, 0.1) is 0 Å². The highest BCUT2D eigenvalue weighted by atomic mass is 16.6. The first-order chi connectivity index (χ1) is 9.36. The number of aliphatic hydroxyl groups is 1. The lowest BCUT2D eigenvalue weighted by atomic mass is 10.1. The molecule has 0 radical (unpaired) electrons. The van der Waals surface area contributed by atoms with Crippen molar-refractivity contribution in [3.8, 4) is 5.69 Å². The van der Waals surface area contributed by atoms with Crippen LogP contribution in [0.15, 0.2) is 36.5 Å². The van der Waals surface area contributed by atoms with Crippen molar-refractivity contribution in [3.63, 3.8) is 0 Å². The van der Waals surface area contributed by atoms with Crippen LogP contribution in [0.1, 0.15) is 11.8 Å². The number of aliphatic hydroxyl groups excluding tert-OH is 1. The van der Waals surface area contributed by atoms with Crippen LogP contribution in [0.2, 0.25) is 0 Å². The molecule has 0 bridgehead atoms. The molecule has 6 nitrogen and oxygen atoms in total. The SMILES string of the molecule is OC(c1cnnn1-c1ccccc1)C1COCCO1. The smallest absolute Gasteiger partial charge is 0.126 e. The Morgan fingerprint density at radius 1 is 1.26 bits per heavy atom. The van der Waals surface area contributed by atoms with Gasteiger partial charge < -0.3 is 14.6 Å². The van der Waals surface area contributed by atoms with Crippen molar-refractivity contribution in [2.75, 3.05) is 19.8 Å². The van der Waals surface area contributed by atoms with Gasteiger partial charge in [0.15, 0.2) is 0 Å². The van der Waals surface area contributed by atoms with Crippen LogP contribution in [0.4, 0.5) is 0 Å². The van der Waals surface area contributed by atoms with E-state index >= 15 is 0 Å². The highest BCUT2D eigenvalue weighted by molar-refractivity contribution is 5.32. The van der Waals surface area contributed by atoms with Gasteiger partial charge in [0, 0.05) is 0 Å². The molecule has 1 aliphatic heterocycles. The largest absolute Gasteiger partial charge is 0.384 e. The zero-order chi connectivity index (χ0) is 13.1. The highest BCUT2D eigenvalue weighted by Crippen LogP contribution is 2.22. The number of nitrogens with zero attached hydrogens (tertiary/aromatic N) is 3. The summed E-state index contributed by atoms with van der Waals surface area (Å²) < 4.78 is 12.4. The maximum atomic E-state index is 10.4. The van der Waals surface area contributed by atoms with E-state index in [1.54, 1.807) is 10.9 Å². The van der Waals surface area contributed by atoms with E-state index in [4.69, 9.17) is 9.47 Å². The molecule has 0 aliphatic carbocycles. The average Bonchev–Trinajstić information content (AvgIpc) is 2.98. The Morgan fingerprint density at radius 2 is 2.11 bits per heavy atom. The first kappa shape index (κ1) is 12.3. The molecule has 1 aliphatic rings. The number of hydrogen-bond donors (Lipinski definition) is 1. The number of hydrogen-bond acceptors (Lipinski definition) is 5. The summed E-state index contributed by atoms with van der Waals surface area (Å²) in [6.45, 7) is 1.44. The third-order valence-corrected chi connectivity index (χ3v) is 3.07. The predicted octanol–water partition coefficient (Wildman–Crippen LogP) is 0.716. The van der Waals surface area contributed by atoms with Crippen LogP contribution in [-0.4, -0.2) is 46.0 Å². The Labute approximate surface area is 110 Å². The molecule has 2 aromatic rings. The van der Waals surface area contributed by atoms with Gasteiger partial charge in [-0.3, -0.25) is 0 Å². The monoisotopic (exact) mass is 261 g/mol. The summed E-state index contributed by atoms with van der Waals surface area (Å²) >= 11 is 0. The van der Waals surface area contributed by atoms with Crippen molar-refractivity contribution in [3.05, 3.63) is 42.2 Å². The van der Waals surface area contributed by atoms with Gasteiger partial charge in [-0.05, 0) is 12.1 Å². The molecule has 1 fully saturated rings. The van der Waals surface area contributed by atoms with Gasteiger partial charge in [-0.1, -0.05) is 23.4 Å². The van der Waals surface area contributed by atoms with Gasteiger partial charge in [0.1, 0.15) is 12.2 Å². The summed E-state index contributed by atoms with van der Waals surface area (Å²) in [6.07, 6.45) is 0.362. The molecule has 100 valence electrons. The molecular weight excluding hydrogens is 246 g/mol. The summed E-state index contributed by atoms with van der Waals surface area (Å²) in [6, 6.07) is 9.56. The number of para-hydroxylation sites is 1. The van der Waals surface area contributed by atoms with E-state index in [1.807, 2.05) is 30.3 Å². The molecule has 0 amide bonds. The molecule has 1 aromatic carbocycles. The first-order valence-corrected chi connectivity index (χ1v) is 6.19. The van der Waals surface area contributed by atoms with Crippen molar-refractivity contribution < 1.29 is 14.6 Å². The summed E-state index contributed by atoms with van der Waals surface area (Å²) in [7, 11) is 0. The van der Waals surface area contributed by atoms with Gasteiger partial charge in [-0.2, -0.15) is 0 Å². The fourth-order valence-electron chi connectivity index (χ4n) is 2.09. The quantitative estimate of drug-likeness (QED) is 0.881. The average molecular weight is 261 g/mol. The Bertz CT molecular complexity index is 523. The molecule has 1 N–H and O–H groups in total. The minimum absolute atomic E-state index is 0.376.